The first-order valence-corrected chi connectivity index (χ1v) is 9.59. The molecule has 0 saturated heterocycles. The SMILES string of the molecule is C[C@H](NC(=O)[C@@H](Cc1ccc2ccccc2c1)NC(=O)[C@@H](C)N)C(=O)O.O=C(O)C(F)(F)F. The van der Waals surface area contributed by atoms with Gasteiger partial charge in [-0.25, -0.2) is 4.79 Å². The molecule has 6 N–H and O–H groups in total. The van der Waals surface area contributed by atoms with Gasteiger partial charge in [0.25, 0.3) is 0 Å². The molecule has 33 heavy (non-hydrogen) atoms. The van der Waals surface area contributed by atoms with Gasteiger partial charge < -0.3 is 26.6 Å². The maximum absolute atomic E-state index is 12.5. The number of fused-ring (bicyclic) bond motifs is 1. The van der Waals surface area contributed by atoms with Gasteiger partial charge in [-0.15, -0.1) is 0 Å². The second kappa shape index (κ2) is 11.8. The molecule has 0 heterocycles. The number of rotatable bonds is 7. The lowest BCUT2D eigenvalue weighted by atomic mass is 10.0. The summed E-state index contributed by atoms with van der Waals surface area (Å²) in [6, 6.07) is 10.8. The third-order valence-electron chi connectivity index (χ3n) is 4.27. The van der Waals surface area contributed by atoms with E-state index >= 15 is 0 Å². The molecule has 0 aliphatic rings. The number of alkyl halides is 3. The van der Waals surface area contributed by atoms with Crippen LogP contribution in [0.1, 0.15) is 19.4 Å². The van der Waals surface area contributed by atoms with Gasteiger partial charge in [-0.2, -0.15) is 13.2 Å². The summed E-state index contributed by atoms with van der Waals surface area (Å²) >= 11 is 0. The largest absolute Gasteiger partial charge is 0.490 e. The van der Waals surface area contributed by atoms with E-state index in [1.165, 1.54) is 13.8 Å². The molecule has 12 heteroatoms. The van der Waals surface area contributed by atoms with Gasteiger partial charge in [0.1, 0.15) is 12.1 Å². The Bertz CT molecular complexity index is 1010. The molecule has 0 fully saturated rings. The van der Waals surface area contributed by atoms with Crippen molar-refractivity contribution in [1.82, 2.24) is 10.6 Å². The van der Waals surface area contributed by atoms with Crippen LogP contribution in [0.2, 0.25) is 0 Å². The first-order valence-electron chi connectivity index (χ1n) is 9.59. The molecule has 0 bridgehead atoms. The van der Waals surface area contributed by atoms with Crippen molar-refractivity contribution >= 4 is 34.5 Å². The predicted octanol–water partition coefficient (Wildman–Crippen LogP) is 1.44. The smallest absolute Gasteiger partial charge is 0.480 e. The first-order chi connectivity index (χ1) is 15.2. The fraction of sp³-hybridized carbons (Fsp3) is 0.333. The van der Waals surface area contributed by atoms with Crippen LogP contribution < -0.4 is 16.4 Å². The zero-order chi connectivity index (χ0) is 25.3. The summed E-state index contributed by atoms with van der Waals surface area (Å²) in [5.41, 5.74) is 6.41. The standard InChI is InChI=1S/C19H23N3O4.C2HF3O2/c1-11(20)17(23)22-16(18(24)21-12(2)19(25)26)10-13-7-8-14-5-3-4-6-15(14)9-13;3-2(4,5)1(6)7/h3-9,11-12,16H,10,20H2,1-2H3,(H,21,24)(H,22,23)(H,25,26);(H,6,7)/t11-,12+,16-;/m1./s1. The van der Waals surface area contributed by atoms with E-state index in [4.69, 9.17) is 20.7 Å². The number of amides is 2. The van der Waals surface area contributed by atoms with Crippen LogP contribution in [0.5, 0.6) is 0 Å². The Morgan fingerprint density at radius 1 is 0.939 bits per heavy atom. The van der Waals surface area contributed by atoms with Gasteiger partial charge in [0, 0.05) is 6.42 Å². The number of carboxylic acid groups (broad SMARTS) is 2. The Labute approximate surface area is 186 Å². The summed E-state index contributed by atoms with van der Waals surface area (Å²) in [5, 5.41) is 23.2. The molecular formula is C21H24F3N3O6. The molecule has 2 rings (SSSR count). The zero-order valence-electron chi connectivity index (χ0n) is 17.7. The minimum atomic E-state index is -5.08. The summed E-state index contributed by atoms with van der Waals surface area (Å²) in [6.45, 7) is 2.88. The van der Waals surface area contributed by atoms with E-state index < -0.39 is 48.1 Å². The Morgan fingerprint density at radius 2 is 1.48 bits per heavy atom. The first kappa shape index (κ1) is 27.4. The van der Waals surface area contributed by atoms with E-state index in [2.05, 4.69) is 10.6 Å². The van der Waals surface area contributed by atoms with Gasteiger partial charge >= 0.3 is 18.1 Å². The Hall–Kier alpha value is -3.67. The van der Waals surface area contributed by atoms with Gasteiger partial charge in [0.2, 0.25) is 11.8 Å². The van der Waals surface area contributed by atoms with Crippen LogP contribution in [0.25, 0.3) is 10.8 Å². The van der Waals surface area contributed by atoms with Crippen LogP contribution in [0.15, 0.2) is 42.5 Å². The van der Waals surface area contributed by atoms with E-state index in [9.17, 15) is 27.6 Å². The lowest BCUT2D eigenvalue weighted by molar-refractivity contribution is -0.192. The van der Waals surface area contributed by atoms with E-state index in [1.807, 2.05) is 42.5 Å². The topological polar surface area (TPSA) is 159 Å². The summed E-state index contributed by atoms with van der Waals surface area (Å²) in [7, 11) is 0. The molecule has 0 spiro atoms. The maximum Gasteiger partial charge on any atom is 0.490 e. The fourth-order valence-electron chi connectivity index (χ4n) is 2.49. The van der Waals surface area contributed by atoms with E-state index in [1.54, 1.807) is 0 Å². The van der Waals surface area contributed by atoms with Gasteiger partial charge in [-0.3, -0.25) is 14.4 Å². The molecule has 0 unspecified atom stereocenters. The Kier molecular flexibility index (Phi) is 9.79. The molecule has 180 valence electrons. The summed E-state index contributed by atoms with van der Waals surface area (Å²) in [6.07, 6.45) is -4.86. The van der Waals surface area contributed by atoms with Crippen molar-refractivity contribution in [3.63, 3.8) is 0 Å². The van der Waals surface area contributed by atoms with E-state index in [0.29, 0.717) is 0 Å². The molecule has 2 aromatic carbocycles. The zero-order valence-corrected chi connectivity index (χ0v) is 17.7. The van der Waals surface area contributed by atoms with Gasteiger partial charge in [0.05, 0.1) is 6.04 Å². The normalized spacial score (nSPS) is 13.6. The average molecular weight is 471 g/mol. The van der Waals surface area contributed by atoms with Crippen LogP contribution in [-0.2, 0) is 25.6 Å². The third kappa shape index (κ3) is 9.15. The number of carbonyl (C=O) groups excluding carboxylic acids is 2. The van der Waals surface area contributed by atoms with E-state index in [0.717, 1.165) is 16.3 Å². The number of nitrogens with two attached hydrogens (primary N) is 1. The molecule has 2 amide bonds. The van der Waals surface area contributed by atoms with Crippen LogP contribution in [0.4, 0.5) is 13.2 Å². The molecule has 0 aliphatic carbocycles. The molecule has 0 radical (unpaired) electrons. The summed E-state index contributed by atoms with van der Waals surface area (Å²) < 4.78 is 31.7. The maximum atomic E-state index is 12.5. The number of carboxylic acids is 2. The summed E-state index contributed by atoms with van der Waals surface area (Å²) in [4.78, 5) is 44.3. The van der Waals surface area contributed by atoms with Crippen molar-refractivity contribution in [2.45, 2.75) is 44.6 Å². The molecular weight excluding hydrogens is 447 g/mol. The van der Waals surface area contributed by atoms with Crippen LogP contribution >= 0.6 is 0 Å². The number of nitrogens with one attached hydrogen (secondary N) is 2. The van der Waals surface area contributed by atoms with Gasteiger partial charge in [-0.05, 0) is 30.2 Å². The van der Waals surface area contributed by atoms with Crippen molar-refractivity contribution in [2.24, 2.45) is 5.73 Å². The minimum Gasteiger partial charge on any atom is -0.480 e. The number of hydrogen-bond acceptors (Lipinski definition) is 5. The van der Waals surface area contributed by atoms with Crippen molar-refractivity contribution in [3.05, 3.63) is 48.0 Å². The highest BCUT2D eigenvalue weighted by Gasteiger charge is 2.38. The monoisotopic (exact) mass is 471 g/mol. The molecule has 2 aromatic rings. The quantitative estimate of drug-likeness (QED) is 0.409. The lowest BCUT2D eigenvalue weighted by Gasteiger charge is -2.21. The number of halogens is 3. The highest BCUT2D eigenvalue weighted by atomic mass is 19.4. The van der Waals surface area contributed by atoms with Crippen molar-refractivity contribution in [1.29, 1.82) is 0 Å². The number of benzene rings is 2. The van der Waals surface area contributed by atoms with Gasteiger partial charge in [0.15, 0.2) is 0 Å². The molecule has 0 aliphatic heterocycles. The van der Waals surface area contributed by atoms with Crippen molar-refractivity contribution in [2.75, 3.05) is 0 Å². The summed E-state index contributed by atoms with van der Waals surface area (Å²) in [5.74, 6) is -4.95. The molecule has 0 aromatic heterocycles. The average Bonchev–Trinajstić information content (AvgIpc) is 2.72. The molecule has 3 atom stereocenters. The number of carbonyl (C=O) groups is 4. The molecule has 0 saturated carbocycles. The minimum absolute atomic E-state index is 0.224. The highest BCUT2D eigenvalue weighted by Crippen LogP contribution is 2.17. The second-order valence-electron chi connectivity index (χ2n) is 7.11. The Morgan fingerprint density at radius 3 is 1.97 bits per heavy atom. The second-order valence-corrected chi connectivity index (χ2v) is 7.11. The fourth-order valence-corrected chi connectivity index (χ4v) is 2.49. The van der Waals surface area contributed by atoms with Crippen LogP contribution in [-0.4, -0.2) is 58.3 Å². The predicted molar refractivity (Wildman–Crippen MR) is 112 cm³/mol. The lowest BCUT2D eigenvalue weighted by Crippen LogP contribution is -2.54. The van der Waals surface area contributed by atoms with Gasteiger partial charge in [-0.1, -0.05) is 42.5 Å². The van der Waals surface area contributed by atoms with Crippen molar-refractivity contribution in [3.8, 4) is 0 Å². The number of aliphatic carboxylic acids is 2. The van der Waals surface area contributed by atoms with Crippen LogP contribution in [0.3, 0.4) is 0 Å². The third-order valence-corrected chi connectivity index (χ3v) is 4.27. The highest BCUT2D eigenvalue weighted by molar-refractivity contribution is 5.92. The number of hydrogen-bond donors (Lipinski definition) is 5. The van der Waals surface area contributed by atoms with E-state index in [-0.39, 0.29) is 6.42 Å². The van der Waals surface area contributed by atoms with Crippen LogP contribution in [0, 0.1) is 0 Å². The molecule has 9 nitrogen and oxygen atoms in total. The Balaban J connectivity index is 0.000000675. The van der Waals surface area contributed by atoms with Crippen molar-refractivity contribution < 1.29 is 42.6 Å².